The van der Waals surface area contributed by atoms with E-state index in [4.69, 9.17) is 9.15 Å². The van der Waals surface area contributed by atoms with Gasteiger partial charge in [0, 0.05) is 50.4 Å². The number of ether oxygens (including phenoxy) is 1. The maximum atomic E-state index is 7.61. The van der Waals surface area contributed by atoms with Crippen molar-refractivity contribution in [3.05, 3.63) is 143 Å². The normalized spacial score (nSPS) is 20.6. The van der Waals surface area contributed by atoms with E-state index >= 15 is 0 Å². The zero-order chi connectivity index (χ0) is 40.7. The van der Waals surface area contributed by atoms with Gasteiger partial charge < -0.3 is 19.0 Å². The molecule has 58 heavy (non-hydrogen) atoms. The molecule has 0 spiro atoms. The van der Waals surface area contributed by atoms with Crippen LogP contribution in [0.3, 0.4) is 0 Å². The van der Waals surface area contributed by atoms with Crippen molar-refractivity contribution < 1.29 is 9.15 Å². The van der Waals surface area contributed by atoms with Crippen LogP contribution in [0.1, 0.15) is 106 Å². The van der Waals surface area contributed by atoms with E-state index < -0.39 is 0 Å². The molecule has 2 aliphatic carbocycles. The van der Waals surface area contributed by atoms with Crippen molar-refractivity contribution in [1.29, 1.82) is 0 Å². The summed E-state index contributed by atoms with van der Waals surface area (Å²) in [7, 11) is 0. The maximum absolute atomic E-state index is 7.61. The molecule has 5 heteroatoms. The standard InChI is InChI=1S/C53H57BN2O2/c1-50(2,3)32-19-24-35(25-20-32)55-40-29-23-34(52(7,8)9)31-39(40)54-46-41(55)16-14-17-42(46)56(36-26-21-33(22-27-36)51(4,5)6)47-37-28-30-44-45(48(37)58-49(47)54)53(10,11)38-15-12-13-18-43(38)57-44/h12-19,21-30,32,39H,20,31H2,1-11H3. The average Bonchev–Trinajstić information content (AvgIpc) is 3.55. The van der Waals surface area contributed by atoms with Crippen LogP contribution in [0.5, 0.6) is 11.5 Å². The van der Waals surface area contributed by atoms with Gasteiger partial charge in [-0.25, -0.2) is 0 Å². The Morgan fingerprint density at radius 1 is 0.741 bits per heavy atom. The number of rotatable bonds is 2. The number of nitrogens with zero attached hydrogens (tertiary/aromatic N) is 2. The van der Waals surface area contributed by atoms with Crippen molar-refractivity contribution in [2.45, 2.75) is 106 Å². The van der Waals surface area contributed by atoms with Crippen LogP contribution < -0.4 is 25.7 Å². The smallest absolute Gasteiger partial charge is 0.272 e. The SMILES string of the molecule is CC(C)(C)C1=CC=C2C(C1)B1c3oc4c5c(ccc4c3N(c3ccc(C(C)(C)C)cc3)c3cccc(c31)N2C1=CCC(C(C)(C)C)C=C1)Oc1ccccc1C5(C)C. The molecule has 4 nitrogen and oxygen atoms in total. The van der Waals surface area contributed by atoms with Crippen molar-refractivity contribution in [3.63, 3.8) is 0 Å². The van der Waals surface area contributed by atoms with Crippen LogP contribution in [-0.4, -0.2) is 6.71 Å². The number of furan rings is 1. The Bertz CT molecular complexity index is 2650. The van der Waals surface area contributed by atoms with E-state index in [2.05, 4.69) is 195 Å². The summed E-state index contributed by atoms with van der Waals surface area (Å²) in [6.07, 6.45) is 14.2. The fraction of sp³-hybridized carbons (Fsp3) is 0.358. The van der Waals surface area contributed by atoms with Crippen LogP contribution in [-0.2, 0) is 10.8 Å². The highest BCUT2D eigenvalue weighted by molar-refractivity contribution is 6.91. The van der Waals surface area contributed by atoms with E-state index in [1.807, 2.05) is 0 Å². The van der Waals surface area contributed by atoms with Gasteiger partial charge in [0.25, 0.3) is 6.71 Å². The van der Waals surface area contributed by atoms with Crippen LogP contribution in [0.25, 0.3) is 11.0 Å². The molecule has 3 aliphatic heterocycles. The average molecular weight is 765 g/mol. The van der Waals surface area contributed by atoms with Gasteiger partial charge in [-0.2, -0.15) is 0 Å². The maximum Gasteiger partial charge on any atom is 0.272 e. The molecule has 0 fully saturated rings. The lowest BCUT2D eigenvalue weighted by molar-refractivity contribution is 0.293. The van der Waals surface area contributed by atoms with E-state index in [0.29, 0.717) is 5.92 Å². The molecule has 4 heterocycles. The Hall–Kier alpha value is -5.16. The van der Waals surface area contributed by atoms with Gasteiger partial charge in [-0.05, 0) is 106 Å². The highest BCUT2D eigenvalue weighted by Gasteiger charge is 2.52. The minimum Gasteiger partial charge on any atom is -0.468 e. The molecular formula is C53H57BN2O2. The van der Waals surface area contributed by atoms with E-state index in [0.717, 1.165) is 57.9 Å². The van der Waals surface area contributed by atoms with Crippen molar-refractivity contribution >= 4 is 51.6 Å². The molecule has 0 amide bonds. The minimum atomic E-state index is -0.340. The molecule has 2 atom stereocenters. The van der Waals surface area contributed by atoms with Crippen molar-refractivity contribution in [2.24, 2.45) is 16.7 Å². The third-order valence-corrected chi connectivity index (χ3v) is 13.9. The molecule has 10 rings (SSSR count). The number of para-hydroxylation sites is 1. The monoisotopic (exact) mass is 764 g/mol. The van der Waals surface area contributed by atoms with Gasteiger partial charge in [0.05, 0.1) is 11.3 Å². The molecule has 5 aliphatic rings. The minimum absolute atomic E-state index is 0.0123. The molecule has 2 unspecified atom stereocenters. The van der Waals surface area contributed by atoms with E-state index in [-0.39, 0.29) is 34.2 Å². The lowest BCUT2D eigenvalue weighted by Crippen LogP contribution is -2.58. The van der Waals surface area contributed by atoms with Gasteiger partial charge in [-0.3, -0.25) is 0 Å². The first-order chi connectivity index (χ1) is 27.4. The van der Waals surface area contributed by atoms with Gasteiger partial charge in [0.15, 0.2) is 0 Å². The summed E-state index contributed by atoms with van der Waals surface area (Å²) in [4.78, 5) is 5.10. The Labute approximate surface area is 346 Å². The molecule has 0 saturated carbocycles. The van der Waals surface area contributed by atoms with E-state index in [1.165, 1.54) is 44.9 Å². The zero-order valence-electron chi connectivity index (χ0n) is 36.2. The largest absolute Gasteiger partial charge is 0.468 e. The second-order valence-corrected chi connectivity index (χ2v) is 21.0. The molecule has 0 bridgehead atoms. The van der Waals surface area contributed by atoms with Gasteiger partial charge in [-0.1, -0.05) is 136 Å². The third-order valence-electron chi connectivity index (χ3n) is 13.9. The molecule has 294 valence electrons. The first kappa shape index (κ1) is 37.1. The molecule has 4 aromatic carbocycles. The molecular weight excluding hydrogens is 707 g/mol. The predicted octanol–water partition coefficient (Wildman–Crippen LogP) is 13.5. The Morgan fingerprint density at radius 2 is 1.47 bits per heavy atom. The van der Waals surface area contributed by atoms with Crippen LogP contribution in [0, 0.1) is 16.7 Å². The van der Waals surface area contributed by atoms with Gasteiger partial charge >= 0.3 is 0 Å². The molecule has 5 aromatic rings. The molecule has 0 saturated heterocycles. The second kappa shape index (κ2) is 12.4. The quantitative estimate of drug-likeness (QED) is 0.167. The summed E-state index contributed by atoms with van der Waals surface area (Å²) in [5, 5.41) is 1.13. The number of hydrogen-bond acceptors (Lipinski definition) is 4. The van der Waals surface area contributed by atoms with Crippen LogP contribution in [0.4, 0.5) is 22.7 Å². The first-order valence-corrected chi connectivity index (χ1v) is 21.4. The van der Waals surface area contributed by atoms with Gasteiger partial charge in [0.2, 0.25) is 0 Å². The number of fused-ring (bicyclic) bond motifs is 9. The van der Waals surface area contributed by atoms with Crippen molar-refractivity contribution in [1.82, 2.24) is 0 Å². The fourth-order valence-corrected chi connectivity index (χ4v) is 10.5. The van der Waals surface area contributed by atoms with Crippen LogP contribution in [0.15, 0.2) is 131 Å². The summed E-state index contributed by atoms with van der Waals surface area (Å²) < 4.78 is 14.3. The van der Waals surface area contributed by atoms with Crippen LogP contribution >= 0.6 is 0 Å². The second-order valence-electron chi connectivity index (χ2n) is 21.0. The predicted molar refractivity (Wildman–Crippen MR) is 245 cm³/mol. The van der Waals surface area contributed by atoms with Crippen molar-refractivity contribution in [3.8, 4) is 11.5 Å². The summed E-state index contributed by atoms with van der Waals surface area (Å²) in [6, 6.07) is 29.1. The highest BCUT2D eigenvalue weighted by atomic mass is 16.5. The van der Waals surface area contributed by atoms with E-state index in [9.17, 15) is 0 Å². The number of hydrogen-bond donors (Lipinski definition) is 0. The number of benzene rings is 4. The van der Waals surface area contributed by atoms with E-state index in [1.54, 1.807) is 0 Å². The Balaban J connectivity index is 1.25. The fourth-order valence-electron chi connectivity index (χ4n) is 10.5. The zero-order valence-corrected chi connectivity index (χ0v) is 36.2. The van der Waals surface area contributed by atoms with Crippen LogP contribution in [0.2, 0.25) is 5.82 Å². The lowest BCUT2D eigenvalue weighted by Gasteiger charge is -2.48. The number of anilines is 4. The Morgan fingerprint density at radius 3 is 2.14 bits per heavy atom. The molecule has 0 N–H and O–H groups in total. The third kappa shape index (κ3) is 5.48. The van der Waals surface area contributed by atoms with Gasteiger partial charge in [-0.15, -0.1) is 0 Å². The van der Waals surface area contributed by atoms with Gasteiger partial charge in [0.1, 0.15) is 17.1 Å². The summed E-state index contributed by atoms with van der Waals surface area (Å²) in [6.45, 7) is 25.7. The summed E-state index contributed by atoms with van der Waals surface area (Å²) in [5.74, 6) is 2.46. The number of allylic oxidation sites excluding steroid dienone is 7. The molecule has 1 aromatic heterocycles. The molecule has 0 radical (unpaired) electrons. The lowest BCUT2D eigenvalue weighted by atomic mass is 9.30. The summed E-state index contributed by atoms with van der Waals surface area (Å²) >= 11 is 0. The first-order valence-electron chi connectivity index (χ1n) is 21.4. The highest BCUT2D eigenvalue weighted by Crippen LogP contribution is 2.56. The summed E-state index contributed by atoms with van der Waals surface area (Å²) in [5.41, 5.74) is 15.7. The Kier molecular flexibility index (Phi) is 7.96. The van der Waals surface area contributed by atoms with Crippen molar-refractivity contribution in [2.75, 3.05) is 9.80 Å². The topological polar surface area (TPSA) is 28.9 Å².